The van der Waals surface area contributed by atoms with E-state index in [-0.39, 0.29) is 12.4 Å². The first-order chi connectivity index (χ1) is 18.2. The van der Waals surface area contributed by atoms with Crippen molar-refractivity contribution in [2.75, 3.05) is 27.7 Å². The Bertz CT molecular complexity index is 544. The maximum absolute atomic E-state index is 12.1. The predicted octanol–water partition coefficient (Wildman–Crippen LogP) is 8.13. The zero-order valence-corrected chi connectivity index (χ0v) is 26.0. The van der Waals surface area contributed by atoms with Crippen molar-refractivity contribution in [3.63, 3.8) is 0 Å². The molecule has 0 aliphatic rings. The Morgan fingerprint density at radius 2 is 0.895 bits per heavy atom. The van der Waals surface area contributed by atoms with E-state index in [9.17, 15) is 14.7 Å². The maximum Gasteiger partial charge on any atom is 0.306 e. The molecule has 38 heavy (non-hydrogen) atoms. The Hall–Kier alpha value is -1.10. The third-order valence-corrected chi connectivity index (χ3v) is 7.43. The van der Waals surface area contributed by atoms with Crippen molar-refractivity contribution in [1.82, 2.24) is 0 Å². The van der Waals surface area contributed by atoms with Gasteiger partial charge in [-0.1, -0.05) is 148 Å². The summed E-state index contributed by atoms with van der Waals surface area (Å²) in [6, 6.07) is 0. The monoisotopic (exact) mass is 539 g/mol. The number of esters is 1. The highest BCUT2D eigenvalue weighted by atomic mass is 16.5. The van der Waals surface area contributed by atoms with Crippen molar-refractivity contribution < 1.29 is 23.9 Å². The first-order valence-corrected chi connectivity index (χ1v) is 16.4. The largest absolute Gasteiger partial charge is 0.550 e. The van der Waals surface area contributed by atoms with Gasteiger partial charge in [0.2, 0.25) is 0 Å². The van der Waals surface area contributed by atoms with Gasteiger partial charge in [-0.3, -0.25) is 4.79 Å². The van der Waals surface area contributed by atoms with Crippen molar-refractivity contribution in [3.05, 3.63) is 0 Å². The number of carboxylic acids is 1. The lowest BCUT2D eigenvalue weighted by Gasteiger charge is -2.29. The number of hydrogen-bond acceptors (Lipinski definition) is 4. The van der Waals surface area contributed by atoms with Gasteiger partial charge in [-0.05, 0) is 6.42 Å². The number of carboxylic acid groups (broad SMARTS) is 1. The second-order valence-corrected chi connectivity index (χ2v) is 12.7. The van der Waals surface area contributed by atoms with E-state index in [1.807, 2.05) is 21.1 Å². The number of carbonyl (C=O) groups is 2. The molecule has 0 fully saturated rings. The van der Waals surface area contributed by atoms with Gasteiger partial charge in [0.15, 0.2) is 6.10 Å². The number of quaternary nitrogens is 1. The normalized spacial score (nSPS) is 12.5. The molecular formula is C33H65NO4. The van der Waals surface area contributed by atoms with Gasteiger partial charge in [0.05, 0.1) is 21.1 Å². The first kappa shape index (κ1) is 36.9. The molecule has 0 heterocycles. The van der Waals surface area contributed by atoms with E-state index in [2.05, 4.69) is 6.92 Å². The predicted molar refractivity (Wildman–Crippen MR) is 159 cm³/mol. The fraction of sp³-hybridized carbons (Fsp3) is 0.939. The van der Waals surface area contributed by atoms with Crippen molar-refractivity contribution in [2.24, 2.45) is 0 Å². The molecule has 0 aromatic rings. The molecule has 0 aliphatic carbocycles. The Kier molecular flexibility index (Phi) is 25.4. The third kappa shape index (κ3) is 29.5. The number of hydrogen-bond donors (Lipinski definition) is 0. The number of likely N-dealkylation sites (N-methyl/N-ethyl adjacent to an activating group) is 1. The number of aliphatic carboxylic acids is 1. The fourth-order valence-electron chi connectivity index (χ4n) is 5.24. The molecule has 1 unspecified atom stereocenters. The van der Waals surface area contributed by atoms with E-state index in [1.54, 1.807) is 0 Å². The molecule has 0 aliphatic heterocycles. The number of nitrogens with zero attached hydrogens (tertiary/aromatic N) is 1. The van der Waals surface area contributed by atoms with Crippen LogP contribution in [0.5, 0.6) is 0 Å². The molecule has 0 saturated heterocycles. The summed E-state index contributed by atoms with van der Waals surface area (Å²) >= 11 is 0. The average Bonchev–Trinajstić information content (AvgIpc) is 2.83. The zero-order chi connectivity index (χ0) is 28.3. The molecule has 226 valence electrons. The Morgan fingerprint density at radius 3 is 1.18 bits per heavy atom. The van der Waals surface area contributed by atoms with E-state index < -0.39 is 12.1 Å². The number of rotatable bonds is 29. The summed E-state index contributed by atoms with van der Waals surface area (Å²) in [6.07, 6.45) is 30.6. The zero-order valence-electron chi connectivity index (χ0n) is 26.0. The lowest BCUT2D eigenvalue weighted by Crippen LogP contribution is -2.45. The molecule has 0 N–H and O–H groups in total. The highest BCUT2D eigenvalue weighted by Crippen LogP contribution is 2.16. The smallest absolute Gasteiger partial charge is 0.306 e. The summed E-state index contributed by atoms with van der Waals surface area (Å²) < 4.78 is 5.96. The van der Waals surface area contributed by atoms with Crippen molar-refractivity contribution in [2.45, 2.75) is 174 Å². The first-order valence-electron chi connectivity index (χ1n) is 16.4. The van der Waals surface area contributed by atoms with Gasteiger partial charge in [0, 0.05) is 18.8 Å². The van der Waals surface area contributed by atoms with Crippen LogP contribution in [-0.2, 0) is 14.3 Å². The third-order valence-electron chi connectivity index (χ3n) is 7.43. The second-order valence-electron chi connectivity index (χ2n) is 12.7. The number of carbonyl (C=O) groups excluding carboxylic acids is 2. The van der Waals surface area contributed by atoms with Crippen LogP contribution in [0.1, 0.15) is 167 Å². The Balaban J connectivity index is 3.37. The molecule has 0 spiro atoms. The summed E-state index contributed by atoms with van der Waals surface area (Å²) in [6.45, 7) is 2.76. The fourth-order valence-corrected chi connectivity index (χ4v) is 5.24. The van der Waals surface area contributed by atoms with Gasteiger partial charge < -0.3 is 19.1 Å². The summed E-state index contributed by atoms with van der Waals surface area (Å²) in [4.78, 5) is 23.0. The minimum atomic E-state index is -1.17. The van der Waals surface area contributed by atoms with E-state index in [0.29, 0.717) is 17.4 Å². The molecule has 0 amide bonds. The minimum Gasteiger partial charge on any atom is -0.550 e. The highest BCUT2D eigenvalue weighted by molar-refractivity contribution is 5.70. The number of ether oxygens (including phenoxy) is 1. The van der Waals surface area contributed by atoms with Gasteiger partial charge in [-0.2, -0.15) is 0 Å². The van der Waals surface area contributed by atoms with Crippen LogP contribution in [0.3, 0.4) is 0 Å². The Labute approximate surface area is 237 Å². The average molecular weight is 540 g/mol. The van der Waals surface area contributed by atoms with Crippen molar-refractivity contribution in [3.8, 4) is 0 Å². The topological polar surface area (TPSA) is 66.4 Å². The number of unbranched alkanes of at least 4 members (excludes halogenated alkanes) is 22. The van der Waals surface area contributed by atoms with Gasteiger partial charge in [0.25, 0.3) is 0 Å². The van der Waals surface area contributed by atoms with E-state index in [1.165, 1.54) is 128 Å². The van der Waals surface area contributed by atoms with Crippen LogP contribution in [-0.4, -0.2) is 50.2 Å². The molecule has 0 bridgehead atoms. The van der Waals surface area contributed by atoms with E-state index in [0.717, 1.165) is 19.3 Å². The summed E-state index contributed by atoms with van der Waals surface area (Å²) in [5.41, 5.74) is 0. The van der Waals surface area contributed by atoms with E-state index >= 15 is 0 Å². The standard InChI is InChI=1S/C33H65NO4/c1-5-6-7-8-9-10-11-12-13-14-15-16-17-18-19-20-21-22-23-24-25-26-27-28-33(37)38-31(29-32(35)36)30-34(2,3)4/h31H,5-30H2,1-4H3. The maximum atomic E-state index is 12.1. The van der Waals surface area contributed by atoms with Gasteiger partial charge in [-0.25, -0.2) is 0 Å². The molecular weight excluding hydrogens is 474 g/mol. The molecule has 0 rings (SSSR count). The van der Waals surface area contributed by atoms with Crippen LogP contribution in [0.4, 0.5) is 0 Å². The summed E-state index contributed by atoms with van der Waals surface area (Å²) in [5.74, 6) is -1.45. The van der Waals surface area contributed by atoms with Crippen molar-refractivity contribution in [1.29, 1.82) is 0 Å². The Morgan fingerprint density at radius 1 is 0.579 bits per heavy atom. The van der Waals surface area contributed by atoms with Gasteiger partial charge in [0.1, 0.15) is 6.54 Å². The van der Waals surface area contributed by atoms with Crippen molar-refractivity contribution >= 4 is 11.9 Å². The van der Waals surface area contributed by atoms with Crippen LogP contribution < -0.4 is 5.11 Å². The van der Waals surface area contributed by atoms with Gasteiger partial charge >= 0.3 is 5.97 Å². The van der Waals surface area contributed by atoms with Crippen LogP contribution in [0, 0.1) is 0 Å². The molecule has 0 radical (unpaired) electrons. The van der Waals surface area contributed by atoms with Crippen LogP contribution in [0.15, 0.2) is 0 Å². The molecule has 0 saturated carbocycles. The molecule has 5 nitrogen and oxygen atoms in total. The van der Waals surface area contributed by atoms with Crippen LogP contribution >= 0.6 is 0 Å². The quantitative estimate of drug-likeness (QED) is 0.0547. The highest BCUT2D eigenvalue weighted by Gasteiger charge is 2.22. The molecule has 5 heteroatoms. The molecule has 0 aromatic carbocycles. The lowest BCUT2D eigenvalue weighted by atomic mass is 10.0. The minimum absolute atomic E-state index is 0.235. The van der Waals surface area contributed by atoms with Crippen LogP contribution in [0.25, 0.3) is 0 Å². The molecule has 1 atom stereocenters. The molecule has 0 aromatic heterocycles. The summed E-state index contributed by atoms with van der Waals surface area (Å²) in [5, 5.41) is 10.9. The van der Waals surface area contributed by atoms with Crippen LogP contribution in [0.2, 0.25) is 0 Å². The SMILES string of the molecule is CCCCCCCCCCCCCCCCCCCCCCCCCC(=O)OC(CC(=O)[O-])C[N+](C)(C)C. The van der Waals surface area contributed by atoms with E-state index in [4.69, 9.17) is 4.74 Å². The second kappa shape index (κ2) is 26.1. The summed E-state index contributed by atoms with van der Waals surface area (Å²) in [7, 11) is 5.86. The van der Waals surface area contributed by atoms with Gasteiger partial charge in [-0.15, -0.1) is 0 Å². The lowest BCUT2D eigenvalue weighted by molar-refractivity contribution is -0.873.